The predicted octanol–water partition coefficient (Wildman–Crippen LogP) is 0.0606. The molecule has 0 heterocycles. The maximum absolute atomic E-state index is 11.5. The Labute approximate surface area is 111 Å². The van der Waals surface area contributed by atoms with E-state index in [-0.39, 0.29) is 25.7 Å². The van der Waals surface area contributed by atoms with Crippen molar-refractivity contribution < 1.29 is 19.4 Å². The molecule has 0 bridgehead atoms. The van der Waals surface area contributed by atoms with E-state index in [4.69, 9.17) is 19.8 Å². The van der Waals surface area contributed by atoms with E-state index in [1.807, 2.05) is 6.07 Å². The van der Waals surface area contributed by atoms with Gasteiger partial charge in [-0.1, -0.05) is 0 Å². The Morgan fingerprint density at radius 2 is 2.16 bits per heavy atom. The topological polar surface area (TPSA) is 91.6 Å². The first-order valence-corrected chi connectivity index (χ1v) is 5.71. The fraction of sp³-hybridized carbons (Fsp3) is 0.385. The summed E-state index contributed by atoms with van der Waals surface area (Å²) in [5.74, 6) is 0.155. The van der Waals surface area contributed by atoms with Crippen LogP contribution in [0.2, 0.25) is 0 Å². The highest BCUT2D eigenvalue weighted by molar-refractivity contribution is 5.77. The number of carbonyl (C=O) groups is 1. The Morgan fingerprint density at radius 3 is 2.68 bits per heavy atom. The third-order valence-electron chi connectivity index (χ3n) is 2.31. The number of nitriles is 1. The van der Waals surface area contributed by atoms with Crippen LogP contribution in [-0.4, -0.2) is 44.0 Å². The molecule has 1 aromatic rings. The summed E-state index contributed by atoms with van der Waals surface area (Å²) in [6, 6.07) is 7.99. The van der Waals surface area contributed by atoms with Crippen LogP contribution in [0.5, 0.6) is 5.75 Å². The summed E-state index contributed by atoms with van der Waals surface area (Å²) in [6.07, 6.45) is 0. The molecule has 1 rings (SSSR count). The molecule has 1 aromatic carbocycles. The van der Waals surface area contributed by atoms with Crippen molar-refractivity contribution in [2.45, 2.75) is 6.04 Å². The second-order valence-corrected chi connectivity index (χ2v) is 3.83. The highest BCUT2D eigenvalue weighted by atomic mass is 16.5. The number of ether oxygens (including phenoxy) is 2. The van der Waals surface area contributed by atoms with Gasteiger partial charge in [0.05, 0.1) is 30.9 Å². The highest BCUT2D eigenvalue weighted by Crippen LogP contribution is 2.11. The number of hydrogen-bond acceptors (Lipinski definition) is 5. The Kier molecular flexibility index (Phi) is 6.36. The van der Waals surface area contributed by atoms with E-state index in [1.165, 1.54) is 7.11 Å². The third kappa shape index (κ3) is 5.38. The standard InChI is InChI=1S/C13H16N2O4/c1-18-8-11(7-16)15-13(17)9-19-12-4-2-10(6-14)3-5-12/h2-5,11,16H,7-9H2,1H3,(H,15,17). The number of rotatable bonds is 7. The lowest BCUT2D eigenvalue weighted by Gasteiger charge is -2.15. The lowest BCUT2D eigenvalue weighted by Crippen LogP contribution is -2.42. The molecule has 2 N–H and O–H groups in total. The first kappa shape index (κ1) is 15.0. The van der Waals surface area contributed by atoms with Crippen molar-refractivity contribution in [1.82, 2.24) is 5.32 Å². The van der Waals surface area contributed by atoms with Gasteiger partial charge in [0.2, 0.25) is 0 Å². The van der Waals surface area contributed by atoms with Gasteiger partial charge in [-0.2, -0.15) is 5.26 Å². The summed E-state index contributed by atoms with van der Waals surface area (Å²) in [7, 11) is 1.49. The average molecular weight is 264 g/mol. The number of aliphatic hydroxyl groups excluding tert-OH is 1. The van der Waals surface area contributed by atoms with Crippen molar-refractivity contribution in [1.29, 1.82) is 5.26 Å². The largest absolute Gasteiger partial charge is 0.484 e. The molecule has 0 aliphatic carbocycles. The molecule has 0 saturated heterocycles. The number of hydrogen-bond donors (Lipinski definition) is 2. The van der Waals surface area contributed by atoms with Gasteiger partial charge in [0, 0.05) is 7.11 Å². The normalized spacial score (nSPS) is 11.4. The summed E-state index contributed by atoms with van der Waals surface area (Å²) < 4.78 is 10.1. The second kappa shape index (κ2) is 8.08. The van der Waals surface area contributed by atoms with E-state index >= 15 is 0 Å². The fourth-order valence-electron chi connectivity index (χ4n) is 1.39. The Bertz CT molecular complexity index is 439. The van der Waals surface area contributed by atoms with Gasteiger partial charge >= 0.3 is 0 Å². The Hall–Kier alpha value is -2.10. The van der Waals surface area contributed by atoms with Gasteiger partial charge in [-0.3, -0.25) is 4.79 Å². The molecule has 0 radical (unpaired) electrons. The van der Waals surface area contributed by atoms with Crippen molar-refractivity contribution >= 4 is 5.91 Å². The summed E-state index contributed by atoms with van der Waals surface area (Å²) in [4.78, 5) is 11.5. The zero-order chi connectivity index (χ0) is 14.1. The van der Waals surface area contributed by atoms with E-state index in [0.717, 1.165) is 0 Å². The number of benzene rings is 1. The fourth-order valence-corrected chi connectivity index (χ4v) is 1.39. The molecule has 0 saturated carbocycles. The van der Waals surface area contributed by atoms with E-state index < -0.39 is 6.04 Å². The minimum atomic E-state index is -0.443. The van der Waals surface area contributed by atoms with E-state index in [9.17, 15) is 4.79 Å². The van der Waals surface area contributed by atoms with Gasteiger partial charge in [-0.25, -0.2) is 0 Å². The van der Waals surface area contributed by atoms with Crippen LogP contribution < -0.4 is 10.1 Å². The quantitative estimate of drug-likeness (QED) is 0.726. The number of methoxy groups -OCH3 is 1. The molecule has 0 spiro atoms. The zero-order valence-corrected chi connectivity index (χ0v) is 10.6. The Balaban J connectivity index is 2.38. The summed E-state index contributed by atoms with van der Waals surface area (Å²) in [5, 5.41) is 20.2. The first-order chi connectivity index (χ1) is 9.19. The molecular formula is C13H16N2O4. The summed E-state index contributed by atoms with van der Waals surface area (Å²) in [5.41, 5.74) is 0.525. The molecule has 6 heteroatoms. The maximum Gasteiger partial charge on any atom is 0.258 e. The number of nitrogens with one attached hydrogen (secondary N) is 1. The lowest BCUT2D eigenvalue weighted by atomic mass is 10.2. The molecule has 0 aromatic heterocycles. The van der Waals surface area contributed by atoms with Gasteiger partial charge < -0.3 is 19.9 Å². The number of aliphatic hydroxyl groups is 1. The van der Waals surface area contributed by atoms with Crippen LogP contribution >= 0.6 is 0 Å². The molecule has 1 amide bonds. The van der Waals surface area contributed by atoms with Gasteiger partial charge in [0.25, 0.3) is 5.91 Å². The van der Waals surface area contributed by atoms with Crippen molar-refractivity contribution in [2.24, 2.45) is 0 Å². The molecule has 1 atom stereocenters. The first-order valence-electron chi connectivity index (χ1n) is 5.71. The molecule has 1 unspecified atom stereocenters. The van der Waals surface area contributed by atoms with Crippen molar-refractivity contribution in [3.8, 4) is 11.8 Å². The molecule has 102 valence electrons. The average Bonchev–Trinajstić information content (AvgIpc) is 2.45. The van der Waals surface area contributed by atoms with Crippen molar-refractivity contribution in [2.75, 3.05) is 26.9 Å². The molecule has 0 aliphatic rings. The van der Waals surface area contributed by atoms with Gasteiger partial charge in [0.1, 0.15) is 5.75 Å². The van der Waals surface area contributed by atoms with Crippen LogP contribution in [0.25, 0.3) is 0 Å². The van der Waals surface area contributed by atoms with Gasteiger partial charge in [-0.05, 0) is 24.3 Å². The molecular weight excluding hydrogens is 248 g/mol. The zero-order valence-electron chi connectivity index (χ0n) is 10.6. The van der Waals surface area contributed by atoms with Crippen LogP contribution in [-0.2, 0) is 9.53 Å². The van der Waals surface area contributed by atoms with E-state index in [1.54, 1.807) is 24.3 Å². The van der Waals surface area contributed by atoms with Crippen molar-refractivity contribution in [3.05, 3.63) is 29.8 Å². The van der Waals surface area contributed by atoms with Gasteiger partial charge in [0.15, 0.2) is 6.61 Å². The monoisotopic (exact) mass is 264 g/mol. The van der Waals surface area contributed by atoms with E-state index in [0.29, 0.717) is 11.3 Å². The summed E-state index contributed by atoms with van der Waals surface area (Å²) >= 11 is 0. The summed E-state index contributed by atoms with van der Waals surface area (Å²) in [6.45, 7) is -0.123. The molecule has 0 aliphatic heterocycles. The van der Waals surface area contributed by atoms with Crippen LogP contribution in [0.1, 0.15) is 5.56 Å². The number of amides is 1. The van der Waals surface area contributed by atoms with Crippen LogP contribution in [0.4, 0.5) is 0 Å². The Morgan fingerprint density at radius 1 is 1.47 bits per heavy atom. The van der Waals surface area contributed by atoms with Crippen molar-refractivity contribution in [3.63, 3.8) is 0 Å². The molecule has 6 nitrogen and oxygen atoms in total. The maximum atomic E-state index is 11.5. The second-order valence-electron chi connectivity index (χ2n) is 3.83. The lowest BCUT2D eigenvalue weighted by molar-refractivity contribution is -0.124. The number of nitrogens with zero attached hydrogens (tertiary/aromatic N) is 1. The SMILES string of the molecule is COCC(CO)NC(=O)COc1ccc(C#N)cc1. The highest BCUT2D eigenvalue weighted by Gasteiger charge is 2.11. The minimum absolute atomic E-state index is 0.161. The van der Waals surface area contributed by atoms with E-state index in [2.05, 4.69) is 5.32 Å². The molecule has 0 fully saturated rings. The van der Waals surface area contributed by atoms with Crippen LogP contribution in [0.3, 0.4) is 0 Å². The van der Waals surface area contributed by atoms with Crippen LogP contribution in [0.15, 0.2) is 24.3 Å². The minimum Gasteiger partial charge on any atom is -0.484 e. The number of carbonyl (C=O) groups excluding carboxylic acids is 1. The van der Waals surface area contributed by atoms with Gasteiger partial charge in [-0.15, -0.1) is 0 Å². The third-order valence-corrected chi connectivity index (χ3v) is 2.31. The van der Waals surface area contributed by atoms with Crippen LogP contribution in [0, 0.1) is 11.3 Å². The molecule has 19 heavy (non-hydrogen) atoms. The smallest absolute Gasteiger partial charge is 0.258 e. The predicted molar refractivity (Wildman–Crippen MR) is 67.5 cm³/mol.